The van der Waals surface area contributed by atoms with Gasteiger partial charge in [0.2, 0.25) is 0 Å². The molecule has 0 aliphatic heterocycles. The molecule has 2 aromatic carbocycles. The van der Waals surface area contributed by atoms with E-state index in [0.29, 0.717) is 29.4 Å². The molecule has 1 heterocycles. The van der Waals surface area contributed by atoms with Crippen molar-refractivity contribution >= 4 is 11.7 Å². The number of urea groups is 1. The van der Waals surface area contributed by atoms with Crippen molar-refractivity contribution in [1.82, 2.24) is 19.7 Å². The second-order valence-electron chi connectivity index (χ2n) is 5.91. The lowest BCUT2D eigenvalue weighted by Crippen LogP contribution is -2.27. The Morgan fingerprint density at radius 1 is 1.19 bits per heavy atom. The van der Waals surface area contributed by atoms with Crippen LogP contribution in [-0.4, -0.2) is 46.4 Å². The lowest BCUT2D eigenvalue weighted by molar-refractivity contribution is 0.230. The van der Waals surface area contributed by atoms with Gasteiger partial charge in [-0.15, -0.1) is 5.10 Å². The van der Waals surface area contributed by atoms with E-state index in [9.17, 15) is 9.18 Å². The summed E-state index contributed by atoms with van der Waals surface area (Å²) in [6.07, 6.45) is 0. The average molecular weight is 369 g/mol. The number of rotatable bonds is 5. The van der Waals surface area contributed by atoms with Crippen molar-refractivity contribution in [3.05, 3.63) is 54.3 Å². The van der Waals surface area contributed by atoms with Crippen LogP contribution in [0.3, 0.4) is 0 Å². The summed E-state index contributed by atoms with van der Waals surface area (Å²) in [5.74, 6) is -0.0642. The molecule has 2 amide bonds. The predicted molar refractivity (Wildman–Crippen MR) is 101 cm³/mol. The summed E-state index contributed by atoms with van der Waals surface area (Å²) in [5.41, 5.74) is 1.62. The van der Waals surface area contributed by atoms with Gasteiger partial charge in [-0.05, 0) is 43.3 Å². The second kappa shape index (κ2) is 7.86. The number of hydrogen-bond acceptors (Lipinski definition) is 4. The molecule has 8 heteroatoms. The second-order valence-corrected chi connectivity index (χ2v) is 5.91. The van der Waals surface area contributed by atoms with Crippen LogP contribution in [0.1, 0.15) is 6.92 Å². The molecular formula is C19H20FN5O2. The molecule has 0 saturated carbocycles. The molecule has 0 saturated heterocycles. The summed E-state index contributed by atoms with van der Waals surface area (Å²) in [4.78, 5) is 17.5. The number of ether oxygens (including phenoxy) is 1. The fraction of sp³-hybridized carbons (Fsp3) is 0.211. The number of nitrogens with one attached hydrogen (secondary N) is 1. The zero-order chi connectivity index (χ0) is 19.4. The van der Waals surface area contributed by atoms with E-state index in [2.05, 4.69) is 15.4 Å². The van der Waals surface area contributed by atoms with Crippen molar-refractivity contribution < 1.29 is 13.9 Å². The van der Waals surface area contributed by atoms with Gasteiger partial charge in [-0.1, -0.05) is 12.1 Å². The Balaban J connectivity index is 1.98. The van der Waals surface area contributed by atoms with Gasteiger partial charge in [-0.2, -0.15) is 4.98 Å². The van der Waals surface area contributed by atoms with Crippen molar-refractivity contribution in [1.29, 1.82) is 0 Å². The third-order valence-electron chi connectivity index (χ3n) is 3.75. The Hall–Kier alpha value is -3.42. The molecule has 0 unspecified atom stereocenters. The lowest BCUT2D eigenvalue weighted by Gasteiger charge is -2.12. The third kappa shape index (κ3) is 4.05. The van der Waals surface area contributed by atoms with Gasteiger partial charge < -0.3 is 15.0 Å². The molecule has 3 aromatic rings. The van der Waals surface area contributed by atoms with Gasteiger partial charge >= 0.3 is 12.0 Å². The molecule has 0 bridgehead atoms. The van der Waals surface area contributed by atoms with Crippen molar-refractivity contribution in [3.8, 4) is 23.1 Å². The van der Waals surface area contributed by atoms with E-state index in [0.717, 1.165) is 0 Å². The quantitative estimate of drug-likeness (QED) is 0.746. The SMILES string of the molecule is CCOc1nc(-c2ccccc2F)n(-c2ccc(NC(=O)N(C)C)cc2)n1. The maximum Gasteiger partial charge on any atom is 0.336 e. The van der Waals surface area contributed by atoms with Gasteiger partial charge in [-0.3, -0.25) is 0 Å². The van der Waals surface area contributed by atoms with Crippen LogP contribution in [0.25, 0.3) is 17.1 Å². The van der Waals surface area contributed by atoms with Gasteiger partial charge in [0.15, 0.2) is 5.82 Å². The molecule has 140 valence electrons. The lowest BCUT2D eigenvalue weighted by atomic mass is 10.2. The Kier molecular flexibility index (Phi) is 5.35. The van der Waals surface area contributed by atoms with Crippen LogP contribution in [-0.2, 0) is 0 Å². The molecule has 0 aliphatic carbocycles. The third-order valence-corrected chi connectivity index (χ3v) is 3.75. The number of aromatic nitrogens is 3. The van der Waals surface area contributed by atoms with Crippen molar-refractivity contribution in [2.75, 3.05) is 26.0 Å². The molecule has 1 aromatic heterocycles. The number of benzene rings is 2. The Labute approximate surface area is 156 Å². The molecular weight excluding hydrogens is 349 g/mol. The van der Waals surface area contributed by atoms with Gasteiger partial charge in [0.05, 0.1) is 17.9 Å². The number of amides is 2. The van der Waals surface area contributed by atoms with E-state index in [1.54, 1.807) is 56.6 Å². The minimum atomic E-state index is -0.399. The molecule has 0 fully saturated rings. The number of carbonyl (C=O) groups is 1. The predicted octanol–water partition coefficient (Wildman–Crippen LogP) is 3.57. The molecule has 7 nitrogen and oxygen atoms in total. The highest BCUT2D eigenvalue weighted by Crippen LogP contribution is 2.26. The van der Waals surface area contributed by atoms with Crippen LogP contribution < -0.4 is 10.1 Å². The van der Waals surface area contributed by atoms with Crippen LogP contribution in [0.5, 0.6) is 6.01 Å². The van der Waals surface area contributed by atoms with E-state index in [-0.39, 0.29) is 12.0 Å². The topological polar surface area (TPSA) is 72.3 Å². The van der Waals surface area contributed by atoms with Crippen LogP contribution in [0, 0.1) is 5.82 Å². The van der Waals surface area contributed by atoms with E-state index in [1.807, 2.05) is 6.92 Å². The first-order chi connectivity index (χ1) is 13.0. The van der Waals surface area contributed by atoms with Crippen molar-refractivity contribution in [2.24, 2.45) is 0 Å². The zero-order valence-corrected chi connectivity index (χ0v) is 15.3. The summed E-state index contributed by atoms with van der Waals surface area (Å²) >= 11 is 0. The van der Waals surface area contributed by atoms with Crippen molar-refractivity contribution in [2.45, 2.75) is 6.92 Å². The fourth-order valence-corrected chi connectivity index (χ4v) is 2.40. The summed E-state index contributed by atoms with van der Waals surface area (Å²) in [6.45, 7) is 2.22. The number of carbonyl (C=O) groups excluding carboxylic acids is 1. The van der Waals surface area contributed by atoms with Crippen LogP contribution in [0.4, 0.5) is 14.9 Å². The molecule has 1 N–H and O–H groups in total. The Morgan fingerprint density at radius 2 is 1.89 bits per heavy atom. The van der Waals surface area contributed by atoms with Crippen LogP contribution in [0.15, 0.2) is 48.5 Å². The summed E-state index contributed by atoms with van der Waals surface area (Å²) in [6, 6.07) is 13.3. The highest BCUT2D eigenvalue weighted by atomic mass is 19.1. The summed E-state index contributed by atoms with van der Waals surface area (Å²) in [7, 11) is 3.32. The molecule has 0 radical (unpaired) electrons. The maximum absolute atomic E-state index is 14.3. The highest BCUT2D eigenvalue weighted by Gasteiger charge is 2.17. The standard InChI is InChI=1S/C19H20FN5O2/c1-4-27-18-22-17(15-7-5-6-8-16(15)20)25(23-18)14-11-9-13(10-12-14)21-19(26)24(2)3/h5-12H,4H2,1-3H3,(H,21,26). The maximum atomic E-state index is 14.3. The molecule has 27 heavy (non-hydrogen) atoms. The minimum Gasteiger partial charge on any atom is -0.463 e. The first kappa shape index (κ1) is 18.4. The van der Waals surface area contributed by atoms with E-state index in [1.165, 1.54) is 15.6 Å². The van der Waals surface area contributed by atoms with Crippen LogP contribution >= 0.6 is 0 Å². The van der Waals surface area contributed by atoms with Gasteiger partial charge in [0.25, 0.3) is 0 Å². The average Bonchev–Trinajstić information content (AvgIpc) is 3.06. The number of anilines is 1. The van der Waals surface area contributed by atoms with E-state index < -0.39 is 5.82 Å². The molecule has 3 rings (SSSR count). The Bertz CT molecular complexity index is 938. The van der Waals surface area contributed by atoms with Gasteiger partial charge in [-0.25, -0.2) is 13.9 Å². The fourth-order valence-electron chi connectivity index (χ4n) is 2.40. The number of halogens is 1. The van der Waals surface area contributed by atoms with Gasteiger partial charge in [0, 0.05) is 19.8 Å². The normalized spacial score (nSPS) is 10.5. The van der Waals surface area contributed by atoms with Crippen molar-refractivity contribution in [3.63, 3.8) is 0 Å². The molecule has 0 atom stereocenters. The highest BCUT2D eigenvalue weighted by molar-refractivity contribution is 5.89. The Morgan fingerprint density at radius 3 is 2.52 bits per heavy atom. The first-order valence-electron chi connectivity index (χ1n) is 8.43. The molecule has 0 aliphatic rings. The van der Waals surface area contributed by atoms with E-state index in [4.69, 9.17) is 4.74 Å². The number of hydrogen-bond donors (Lipinski definition) is 1. The van der Waals surface area contributed by atoms with Gasteiger partial charge in [0.1, 0.15) is 5.82 Å². The molecule has 0 spiro atoms. The van der Waals surface area contributed by atoms with Crippen LogP contribution in [0.2, 0.25) is 0 Å². The first-order valence-corrected chi connectivity index (χ1v) is 8.43. The monoisotopic (exact) mass is 369 g/mol. The smallest absolute Gasteiger partial charge is 0.336 e. The minimum absolute atomic E-state index is 0.167. The van der Waals surface area contributed by atoms with E-state index >= 15 is 0 Å². The summed E-state index contributed by atoms with van der Waals surface area (Å²) in [5, 5.41) is 7.09. The number of nitrogens with zero attached hydrogens (tertiary/aromatic N) is 4. The largest absolute Gasteiger partial charge is 0.463 e. The zero-order valence-electron chi connectivity index (χ0n) is 15.3. The summed E-state index contributed by atoms with van der Waals surface area (Å²) < 4.78 is 21.2.